The lowest BCUT2D eigenvalue weighted by Crippen LogP contribution is -3.08. The van der Waals surface area contributed by atoms with Crippen molar-refractivity contribution in [3.8, 4) is 5.75 Å². The molecular weight excluding hydrogens is 346 g/mol. The fraction of sp³-hybridized carbons (Fsp3) is 0.190. The van der Waals surface area contributed by atoms with E-state index in [-0.39, 0.29) is 5.63 Å². The molecule has 0 saturated heterocycles. The minimum Gasteiger partial charge on any atom is -0.497 e. The van der Waals surface area contributed by atoms with Crippen LogP contribution in [0.1, 0.15) is 17.1 Å². The van der Waals surface area contributed by atoms with Crippen LogP contribution in [-0.2, 0) is 19.6 Å². The molecule has 138 valence electrons. The van der Waals surface area contributed by atoms with Gasteiger partial charge in [0.05, 0.1) is 19.6 Å². The zero-order chi connectivity index (χ0) is 18.6. The Morgan fingerprint density at radius 1 is 0.926 bits per heavy atom. The molecule has 0 bridgehead atoms. The second-order valence-electron chi connectivity index (χ2n) is 6.39. The third-order valence-corrected chi connectivity index (χ3v) is 4.49. The fourth-order valence-corrected chi connectivity index (χ4v) is 3.26. The summed E-state index contributed by atoms with van der Waals surface area (Å²) >= 11 is 0. The van der Waals surface area contributed by atoms with Crippen molar-refractivity contribution in [3.05, 3.63) is 88.6 Å². The van der Waals surface area contributed by atoms with Crippen molar-refractivity contribution in [2.75, 3.05) is 7.11 Å². The van der Waals surface area contributed by atoms with Crippen LogP contribution in [-0.4, -0.2) is 7.11 Å². The number of furan rings is 2. The van der Waals surface area contributed by atoms with Gasteiger partial charge in [-0.1, -0.05) is 0 Å². The smallest absolute Gasteiger partial charge is 0.336 e. The van der Waals surface area contributed by atoms with Gasteiger partial charge in [-0.05, 0) is 36.4 Å². The van der Waals surface area contributed by atoms with Crippen LogP contribution in [0.15, 0.2) is 79.1 Å². The zero-order valence-corrected chi connectivity index (χ0v) is 14.9. The van der Waals surface area contributed by atoms with Crippen molar-refractivity contribution in [2.45, 2.75) is 19.6 Å². The van der Waals surface area contributed by atoms with Crippen LogP contribution in [0.4, 0.5) is 0 Å². The Kier molecular flexibility index (Phi) is 4.80. The van der Waals surface area contributed by atoms with E-state index in [4.69, 9.17) is 18.0 Å². The molecule has 0 aliphatic carbocycles. The number of hydrogen-bond donors (Lipinski definition) is 1. The molecule has 0 aliphatic rings. The maximum absolute atomic E-state index is 12.1. The minimum absolute atomic E-state index is 0.374. The second kappa shape index (κ2) is 7.55. The molecular formula is C21H20NO5+. The van der Waals surface area contributed by atoms with E-state index < -0.39 is 0 Å². The second-order valence-corrected chi connectivity index (χ2v) is 6.39. The van der Waals surface area contributed by atoms with E-state index in [0.29, 0.717) is 31.0 Å². The predicted octanol–water partition coefficient (Wildman–Crippen LogP) is 2.77. The molecule has 1 N–H and O–H groups in total. The van der Waals surface area contributed by atoms with Gasteiger partial charge in [0.1, 0.15) is 31.0 Å². The number of rotatable bonds is 7. The molecule has 0 atom stereocenters. The average Bonchev–Trinajstić information content (AvgIpc) is 3.35. The molecule has 27 heavy (non-hydrogen) atoms. The first-order valence-corrected chi connectivity index (χ1v) is 8.70. The van der Waals surface area contributed by atoms with E-state index in [1.165, 1.54) is 4.90 Å². The SMILES string of the molecule is COc1ccc2c(C[NH+](Cc3ccco3)Cc3ccco3)cc(=O)oc2c1. The van der Waals surface area contributed by atoms with Crippen molar-refractivity contribution < 1.29 is 22.9 Å². The highest BCUT2D eigenvalue weighted by Gasteiger charge is 2.18. The molecule has 0 amide bonds. The van der Waals surface area contributed by atoms with Crippen molar-refractivity contribution in [1.29, 1.82) is 0 Å². The highest BCUT2D eigenvalue weighted by Crippen LogP contribution is 2.22. The summed E-state index contributed by atoms with van der Waals surface area (Å²) in [5.74, 6) is 2.41. The lowest BCUT2D eigenvalue weighted by molar-refractivity contribution is -0.942. The topological polar surface area (TPSA) is 70.2 Å². The first-order valence-electron chi connectivity index (χ1n) is 8.70. The van der Waals surface area contributed by atoms with Gasteiger partial charge in [0.25, 0.3) is 0 Å². The average molecular weight is 366 g/mol. The summed E-state index contributed by atoms with van der Waals surface area (Å²) in [5, 5.41) is 0.895. The largest absolute Gasteiger partial charge is 0.497 e. The van der Waals surface area contributed by atoms with Crippen LogP contribution in [0, 0.1) is 0 Å². The predicted molar refractivity (Wildman–Crippen MR) is 98.5 cm³/mol. The van der Waals surface area contributed by atoms with Crippen LogP contribution >= 0.6 is 0 Å². The Balaban J connectivity index is 1.68. The molecule has 4 aromatic rings. The summed E-state index contributed by atoms with van der Waals surface area (Å²) in [5.41, 5.74) is 1.06. The third-order valence-electron chi connectivity index (χ3n) is 4.49. The van der Waals surface area contributed by atoms with E-state index >= 15 is 0 Å². The maximum atomic E-state index is 12.1. The number of ether oxygens (including phenoxy) is 1. The van der Waals surface area contributed by atoms with Gasteiger partial charge < -0.3 is 22.9 Å². The fourth-order valence-electron chi connectivity index (χ4n) is 3.26. The molecule has 1 aromatic carbocycles. The Labute approximate surface area is 155 Å². The van der Waals surface area contributed by atoms with Gasteiger partial charge in [-0.2, -0.15) is 0 Å². The van der Waals surface area contributed by atoms with Gasteiger partial charge in [-0.25, -0.2) is 4.79 Å². The molecule has 0 unspecified atom stereocenters. The van der Waals surface area contributed by atoms with Crippen molar-refractivity contribution in [2.24, 2.45) is 0 Å². The first kappa shape index (κ1) is 17.2. The summed E-state index contributed by atoms with van der Waals surface area (Å²) in [6, 6.07) is 14.7. The molecule has 0 radical (unpaired) electrons. The van der Waals surface area contributed by atoms with Crippen LogP contribution in [0.3, 0.4) is 0 Å². The van der Waals surface area contributed by atoms with E-state index in [1.807, 2.05) is 36.4 Å². The molecule has 0 aliphatic heterocycles. The Morgan fingerprint density at radius 2 is 1.63 bits per heavy atom. The van der Waals surface area contributed by atoms with Gasteiger partial charge in [-0.3, -0.25) is 0 Å². The summed E-state index contributed by atoms with van der Waals surface area (Å²) in [7, 11) is 1.59. The Bertz CT molecular complexity index is 1030. The molecule has 0 spiro atoms. The minimum atomic E-state index is -0.374. The Hall–Kier alpha value is -3.25. The number of fused-ring (bicyclic) bond motifs is 1. The lowest BCUT2D eigenvalue weighted by Gasteiger charge is -2.18. The quantitative estimate of drug-likeness (QED) is 0.509. The highest BCUT2D eigenvalue weighted by molar-refractivity contribution is 5.81. The van der Waals surface area contributed by atoms with E-state index in [9.17, 15) is 4.79 Å². The van der Waals surface area contributed by atoms with Crippen LogP contribution in [0.2, 0.25) is 0 Å². The highest BCUT2D eigenvalue weighted by atomic mass is 16.5. The van der Waals surface area contributed by atoms with E-state index in [0.717, 1.165) is 22.5 Å². The zero-order valence-electron chi connectivity index (χ0n) is 14.9. The molecule has 0 saturated carbocycles. The van der Waals surface area contributed by atoms with Gasteiger partial charge in [0, 0.05) is 23.1 Å². The summed E-state index contributed by atoms with van der Waals surface area (Å²) in [6.07, 6.45) is 3.33. The number of methoxy groups -OCH3 is 1. The molecule has 3 aromatic heterocycles. The van der Waals surface area contributed by atoms with Gasteiger partial charge in [0.15, 0.2) is 11.5 Å². The van der Waals surface area contributed by atoms with Gasteiger partial charge >= 0.3 is 5.63 Å². The molecule has 6 heteroatoms. The molecule has 4 rings (SSSR count). The van der Waals surface area contributed by atoms with Gasteiger partial charge in [-0.15, -0.1) is 0 Å². The maximum Gasteiger partial charge on any atom is 0.336 e. The number of hydrogen-bond acceptors (Lipinski definition) is 5. The van der Waals surface area contributed by atoms with Crippen molar-refractivity contribution in [3.63, 3.8) is 0 Å². The molecule has 3 heterocycles. The number of nitrogens with one attached hydrogen (secondary N) is 1. The van der Waals surface area contributed by atoms with E-state index in [1.54, 1.807) is 31.8 Å². The van der Waals surface area contributed by atoms with Crippen LogP contribution < -0.4 is 15.3 Å². The summed E-state index contributed by atoms with van der Waals surface area (Å²) in [6.45, 7) is 1.97. The van der Waals surface area contributed by atoms with E-state index in [2.05, 4.69) is 0 Å². The monoisotopic (exact) mass is 366 g/mol. The van der Waals surface area contributed by atoms with Crippen molar-refractivity contribution >= 4 is 11.0 Å². The third kappa shape index (κ3) is 3.96. The summed E-state index contributed by atoms with van der Waals surface area (Å²) < 4.78 is 21.6. The van der Waals surface area contributed by atoms with Crippen LogP contribution in [0.5, 0.6) is 5.75 Å². The number of benzene rings is 1. The van der Waals surface area contributed by atoms with Crippen LogP contribution in [0.25, 0.3) is 11.0 Å². The molecule has 0 fully saturated rings. The standard InChI is InChI=1S/C21H19NO5/c1-24-16-6-7-19-15(10-21(23)27-20(19)11-16)12-22(13-17-4-2-8-25-17)14-18-5-3-9-26-18/h2-11H,12-14H2,1H3/p+1. The van der Waals surface area contributed by atoms with Crippen molar-refractivity contribution in [1.82, 2.24) is 0 Å². The Morgan fingerprint density at radius 3 is 2.22 bits per heavy atom. The normalized spacial score (nSPS) is 11.3. The number of quaternary nitrogens is 1. The van der Waals surface area contributed by atoms with Gasteiger partial charge in [0.2, 0.25) is 0 Å². The lowest BCUT2D eigenvalue weighted by atomic mass is 10.1. The molecule has 6 nitrogen and oxygen atoms in total. The first-order chi connectivity index (χ1) is 13.2. The summed E-state index contributed by atoms with van der Waals surface area (Å²) in [4.78, 5) is 13.2.